The summed E-state index contributed by atoms with van der Waals surface area (Å²) in [7, 11) is 0. The number of nitrogens with one attached hydrogen (secondary N) is 1. The van der Waals surface area contributed by atoms with E-state index in [2.05, 4.69) is 12.2 Å². The molecule has 0 aromatic carbocycles. The van der Waals surface area contributed by atoms with Gasteiger partial charge in [-0.3, -0.25) is 4.79 Å². The summed E-state index contributed by atoms with van der Waals surface area (Å²) in [5.74, 6) is 1.13. The van der Waals surface area contributed by atoms with Gasteiger partial charge in [0.15, 0.2) is 0 Å². The van der Waals surface area contributed by atoms with Gasteiger partial charge in [0.1, 0.15) is 5.76 Å². The SMILES string of the molecule is CCN(C(=O)CCc1ccco1)C1CCCNC1. The molecular weight excluding hydrogens is 228 g/mol. The molecule has 18 heavy (non-hydrogen) atoms. The molecule has 1 aromatic rings. The molecule has 1 aromatic heterocycles. The van der Waals surface area contributed by atoms with E-state index in [9.17, 15) is 4.79 Å². The van der Waals surface area contributed by atoms with E-state index in [1.165, 1.54) is 0 Å². The largest absolute Gasteiger partial charge is 0.469 e. The Morgan fingerprint density at radius 1 is 1.61 bits per heavy atom. The Kier molecular flexibility index (Phi) is 4.81. The highest BCUT2D eigenvalue weighted by Crippen LogP contribution is 2.13. The van der Waals surface area contributed by atoms with Crippen molar-refractivity contribution in [3.63, 3.8) is 0 Å². The van der Waals surface area contributed by atoms with E-state index in [4.69, 9.17) is 4.42 Å². The topological polar surface area (TPSA) is 45.5 Å². The summed E-state index contributed by atoms with van der Waals surface area (Å²) in [6, 6.07) is 4.15. The quantitative estimate of drug-likeness (QED) is 0.867. The number of likely N-dealkylation sites (N-methyl/N-ethyl adjacent to an activating group) is 1. The fraction of sp³-hybridized carbons (Fsp3) is 0.643. The molecule has 0 spiro atoms. The molecule has 0 radical (unpaired) electrons. The Morgan fingerprint density at radius 3 is 3.11 bits per heavy atom. The monoisotopic (exact) mass is 250 g/mol. The number of carbonyl (C=O) groups excluding carboxylic acids is 1. The maximum absolute atomic E-state index is 12.2. The fourth-order valence-electron chi connectivity index (χ4n) is 2.57. The first-order valence-electron chi connectivity index (χ1n) is 6.84. The van der Waals surface area contributed by atoms with E-state index in [1.807, 2.05) is 17.0 Å². The van der Waals surface area contributed by atoms with Crippen LogP contribution in [-0.4, -0.2) is 36.5 Å². The highest BCUT2D eigenvalue weighted by molar-refractivity contribution is 5.76. The molecule has 1 saturated heterocycles. The van der Waals surface area contributed by atoms with E-state index >= 15 is 0 Å². The van der Waals surface area contributed by atoms with Crippen molar-refractivity contribution in [2.45, 2.75) is 38.6 Å². The Bertz CT molecular complexity index is 356. The third-order valence-electron chi connectivity index (χ3n) is 3.54. The molecule has 1 N–H and O–H groups in total. The van der Waals surface area contributed by atoms with E-state index in [-0.39, 0.29) is 5.91 Å². The van der Waals surface area contributed by atoms with Gasteiger partial charge in [-0.1, -0.05) is 0 Å². The van der Waals surface area contributed by atoms with Crippen LogP contribution in [0.3, 0.4) is 0 Å². The number of amides is 1. The first-order chi connectivity index (χ1) is 8.81. The van der Waals surface area contributed by atoms with Gasteiger partial charge in [-0.05, 0) is 38.4 Å². The van der Waals surface area contributed by atoms with Crippen molar-refractivity contribution in [2.24, 2.45) is 0 Å². The zero-order chi connectivity index (χ0) is 12.8. The number of aryl methyl sites for hydroxylation is 1. The molecule has 1 aliphatic rings. The number of rotatable bonds is 5. The summed E-state index contributed by atoms with van der Waals surface area (Å²) in [4.78, 5) is 14.2. The Balaban J connectivity index is 1.84. The number of carbonyl (C=O) groups is 1. The number of hydrogen-bond donors (Lipinski definition) is 1. The standard InChI is InChI=1S/C14H22N2O2/c1-2-16(12-5-3-9-15-11-12)14(17)8-7-13-6-4-10-18-13/h4,6,10,12,15H,2-3,5,7-9,11H2,1H3. The minimum atomic E-state index is 0.239. The predicted octanol–water partition coefficient (Wildman–Crippen LogP) is 1.81. The van der Waals surface area contributed by atoms with Crippen molar-refractivity contribution in [1.29, 1.82) is 0 Å². The van der Waals surface area contributed by atoms with Gasteiger partial charge in [0, 0.05) is 32.0 Å². The van der Waals surface area contributed by atoms with Crippen LogP contribution >= 0.6 is 0 Å². The second-order valence-electron chi connectivity index (χ2n) is 4.76. The highest BCUT2D eigenvalue weighted by atomic mass is 16.3. The summed E-state index contributed by atoms with van der Waals surface area (Å²) < 4.78 is 5.26. The summed E-state index contributed by atoms with van der Waals surface area (Å²) in [5, 5.41) is 3.36. The summed E-state index contributed by atoms with van der Waals surface area (Å²) in [6.07, 6.45) is 5.17. The molecule has 4 nitrogen and oxygen atoms in total. The minimum absolute atomic E-state index is 0.239. The molecule has 1 aliphatic heterocycles. The number of nitrogens with zero attached hydrogens (tertiary/aromatic N) is 1. The van der Waals surface area contributed by atoms with Gasteiger partial charge in [0.05, 0.1) is 6.26 Å². The number of furan rings is 1. The molecule has 4 heteroatoms. The summed E-state index contributed by atoms with van der Waals surface area (Å²) >= 11 is 0. The van der Waals surface area contributed by atoms with E-state index in [0.29, 0.717) is 18.9 Å². The predicted molar refractivity (Wildman–Crippen MR) is 70.3 cm³/mol. The summed E-state index contributed by atoms with van der Waals surface area (Å²) in [5.41, 5.74) is 0. The highest BCUT2D eigenvalue weighted by Gasteiger charge is 2.23. The lowest BCUT2D eigenvalue weighted by atomic mass is 10.0. The van der Waals surface area contributed by atoms with Crippen LogP contribution < -0.4 is 5.32 Å². The van der Waals surface area contributed by atoms with Crippen LogP contribution in [0.1, 0.15) is 31.9 Å². The van der Waals surface area contributed by atoms with Crippen LogP contribution in [-0.2, 0) is 11.2 Å². The smallest absolute Gasteiger partial charge is 0.223 e. The van der Waals surface area contributed by atoms with Gasteiger partial charge in [0.25, 0.3) is 0 Å². The first-order valence-corrected chi connectivity index (χ1v) is 6.84. The molecule has 100 valence electrons. The third-order valence-corrected chi connectivity index (χ3v) is 3.54. The molecule has 2 rings (SSSR count). The Hall–Kier alpha value is -1.29. The maximum atomic E-state index is 12.2. The van der Waals surface area contributed by atoms with Gasteiger partial charge < -0.3 is 14.6 Å². The van der Waals surface area contributed by atoms with Crippen LogP contribution in [0, 0.1) is 0 Å². The van der Waals surface area contributed by atoms with Gasteiger partial charge in [0.2, 0.25) is 5.91 Å². The lowest BCUT2D eigenvalue weighted by molar-refractivity contribution is -0.133. The van der Waals surface area contributed by atoms with Crippen molar-refractivity contribution >= 4 is 5.91 Å². The molecule has 0 saturated carbocycles. The first kappa shape index (κ1) is 13.1. The maximum Gasteiger partial charge on any atom is 0.223 e. The average molecular weight is 250 g/mol. The Morgan fingerprint density at radius 2 is 2.50 bits per heavy atom. The van der Waals surface area contributed by atoms with Crippen LogP contribution in [0.25, 0.3) is 0 Å². The van der Waals surface area contributed by atoms with Crippen molar-refractivity contribution in [3.8, 4) is 0 Å². The lowest BCUT2D eigenvalue weighted by Gasteiger charge is -2.34. The third kappa shape index (κ3) is 3.35. The van der Waals surface area contributed by atoms with Crippen LogP contribution in [0.15, 0.2) is 22.8 Å². The summed E-state index contributed by atoms with van der Waals surface area (Å²) in [6.45, 7) is 4.86. The molecule has 1 atom stereocenters. The fourth-order valence-corrected chi connectivity index (χ4v) is 2.57. The van der Waals surface area contributed by atoms with Crippen LogP contribution in [0.2, 0.25) is 0 Å². The molecule has 2 heterocycles. The van der Waals surface area contributed by atoms with Crippen molar-refractivity contribution in [1.82, 2.24) is 10.2 Å². The lowest BCUT2D eigenvalue weighted by Crippen LogP contribution is -2.48. The van der Waals surface area contributed by atoms with Crippen LogP contribution in [0.4, 0.5) is 0 Å². The van der Waals surface area contributed by atoms with Gasteiger partial charge in [-0.15, -0.1) is 0 Å². The second-order valence-corrected chi connectivity index (χ2v) is 4.76. The van der Waals surface area contributed by atoms with Gasteiger partial charge >= 0.3 is 0 Å². The van der Waals surface area contributed by atoms with E-state index in [0.717, 1.165) is 38.2 Å². The molecule has 1 amide bonds. The average Bonchev–Trinajstić information content (AvgIpc) is 2.92. The van der Waals surface area contributed by atoms with Gasteiger partial charge in [-0.2, -0.15) is 0 Å². The number of piperidine rings is 1. The normalized spacial score (nSPS) is 19.7. The van der Waals surface area contributed by atoms with E-state index in [1.54, 1.807) is 6.26 Å². The zero-order valence-electron chi connectivity index (χ0n) is 11.0. The molecule has 0 bridgehead atoms. The molecule has 1 unspecified atom stereocenters. The van der Waals surface area contributed by atoms with Gasteiger partial charge in [-0.25, -0.2) is 0 Å². The molecular formula is C14H22N2O2. The number of hydrogen-bond acceptors (Lipinski definition) is 3. The second kappa shape index (κ2) is 6.59. The molecule has 1 fully saturated rings. The zero-order valence-corrected chi connectivity index (χ0v) is 11.0. The van der Waals surface area contributed by atoms with Crippen LogP contribution in [0.5, 0.6) is 0 Å². The molecule has 0 aliphatic carbocycles. The van der Waals surface area contributed by atoms with Crippen molar-refractivity contribution in [2.75, 3.05) is 19.6 Å². The Labute approximate surface area is 108 Å². The van der Waals surface area contributed by atoms with Crippen molar-refractivity contribution in [3.05, 3.63) is 24.2 Å². The minimum Gasteiger partial charge on any atom is -0.469 e. The van der Waals surface area contributed by atoms with Crippen molar-refractivity contribution < 1.29 is 9.21 Å². The van der Waals surface area contributed by atoms with E-state index < -0.39 is 0 Å².